The first kappa shape index (κ1) is 89.6. The molecule has 0 atom stereocenters. The maximum Gasteiger partial charge on any atom is 0.164 e. The summed E-state index contributed by atoms with van der Waals surface area (Å²) in [6.07, 6.45) is 0. The molecule has 0 aliphatic carbocycles. The molecule has 0 N–H and O–H groups in total. The van der Waals surface area contributed by atoms with Gasteiger partial charge in [0.05, 0.1) is 0 Å². The third-order valence-electron chi connectivity index (χ3n) is 26.7. The topological polar surface area (TPSA) is 116 Å². The van der Waals surface area contributed by atoms with Crippen LogP contribution in [0, 0.1) is 0 Å². The van der Waals surface area contributed by atoms with E-state index in [9.17, 15) is 0 Å². The van der Waals surface area contributed by atoms with Gasteiger partial charge in [0, 0.05) is 111 Å². The van der Waals surface area contributed by atoms with Gasteiger partial charge in [0.2, 0.25) is 0 Å². The van der Waals surface area contributed by atoms with Crippen LogP contribution in [0.5, 0.6) is 0 Å². The Labute approximate surface area is 863 Å². The lowest BCUT2D eigenvalue weighted by atomic mass is 9.93. The molecule has 0 aliphatic heterocycles. The molecule has 27 rings (SSSR count). The standard InChI is InChI=1S/3C45H29N3S/c1-4-13-30(14-5-1)36-26-37(31-15-6-2-7-16-31)28-38(27-36)33-19-12-20-34(25-33)44-46-43(32-17-8-3-9-18-32)47-45(48-44)35-23-24-40-39-21-10-11-22-41(39)49-42(40)29-35;1-4-13-30(14-5-1)33-19-12-20-34(25-33)37-26-36(31-15-6-2-7-16-31)27-38(28-37)45-47-43(32-17-8-3-9-18-32)46-44(48-45)35-23-24-40-39-21-10-11-22-41(39)49-42(40)29-35;1-4-12-30(13-5-1)32-20-22-33(23-21-32)37-26-36(31-14-6-2-7-15-31)27-38(28-37)45-47-43(34-16-8-3-9-17-34)46-44(48-45)35-24-25-40-39-18-10-11-19-41(39)49-42(40)29-35/h3*1-29H. The maximum atomic E-state index is 5.18. The Hall–Kier alpha value is -18.7. The average molecular weight is 1930 g/mol. The Morgan fingerprint density at radius 2 is 0.238 bits per heavy atom. The molecule has 12 heteroatoms. The molecular formula is C135H87N9S3. The number of rotatable bonds is 18. The monoisotopic (exact) mass is 1930 g/mol. The zero-order valence-electron chi connectivity index (χ0n) is 79.5. The molecule has 27 aromatic rings. The van der Waals surface area contributed by atoms with E-state index in [2.05, 4.69) is 461 Å². The van der Waals surface area contributed by atoms with Gasteiger partial charge in [-0.1, -0.05) is 425 Å². The van der Waals surface area contributed by atoms with Gasteiger partial charge in [-0.15, -0.1) is 34.0 Å². The summed E-state index contributed by atoms with van der Waals surface area (Å²) in [5.41, 5.74) is 29.2. The zero-order chi connectivity index (χ0) is 97.7. The third kappa shape index (κ3) is 19.1. The molecule has 0 unspecified atom stereocenters. The molecule has 9 nitrogen and oxygen atoms in total. The Morgan fingerprint density at radius 3 is 0.517 bits per heavy atom. The van der Waals surface area contributed by atoms with Gasteiger partial charge in [-0.2, -0.15) is 0 Å². The smallest absolute Gasteiger partial charge is 0.164 e. The van der Waals surface area contributed by atoms with Gasteiger partial charge >= 0.3 is 0 Å². The minimum atomic E-state index is 0.638. The molecule has 690 valence electrons. The molecule has 0 saturated carbocycles. The SMILES string of the molecule is c1ccc(-c2cc(-c3ccccc3)cc(-c3cccc(-c4nc(-c5ccccc5)nc(-c5ccc6c(c5)sc5ccccc56)n4)c3)c2)cc1.c1ccc(-c2ccc(-c3cc(-c4ccccc4)cc(-c4nc(-c5ccccc5)nc(-c5ccc6c(c5)sc5ccccc56)n4)c3)cc2)cc1.c1ccc(-c2cccc(-c3cc(-c4ccccc4)cc(-c4nc(-c5ccccc5)nc(-c5ccc6c(c5)sc5ccccc56)n4)c3)c2)cc1. The molecule has 0 amide bonds. The van der Waals surface area contributed by atoms with Crippen molar-refractivity contribution in [2.75, 3.05) is 0 Å². The van der Waals surface area contributed by atoms with Crippen molar-refractivity contribution in [3.8, 4) is 203 Å². The fraction of sp³-hybridized carbons (Fsp3) is 0. The summed E-state index contributed by atoms with van der Waals surface area (Å²) in [6, 6.07) is 185. The third-order valence-corrected chi connectivity index (χ3v) is 30.1. The van der Waals surface area contributed by atoms with Crippen molar-refractivity contribution in [3.05, 3.63) is 528 Å². The molecule has 0 fully saturated rings. The highest BCUT2D eigenvalue weighted by atomic mass is 32.1. The van der Waals surface area contributed by atoms with E-state index in [0.29, 0.717) is 52.4 Å². The maximum absolute atomic E-state index is 5.18. The van der Waals surface area contributed by atoms with Gasteiger partial charge < -0.3 is 0 Å². The van der Waals surface area contributed by atoms with E-state index >= 15 is 0 Å². The summed E-state index contributed by atoms with van der Waals surface area (Å²) in [7, 11) is 0. The van der Waals surface area contributed by atoms with Crippen LogP contribution in [0.15, 0.2) is 528 Å². The summed E-state index contributed by atoms with van der Waals surface area (Å²) in [6.45, 7) is 0. The Bertz CT molecular complexity index is 9450. The van der Waals surface area contributed by atoms with Crippen molar-refractivity contribution >= 4 is 94.5 Å². The van der Waals surface area contributed by atoms with Crippen molar-refractivity contribution in [2.45, 2.75) is 0 Å². The second-order valence-electron chi connectivity index (χ2n) is 36.3. The summed E-state index contributed by atoms with van der Waals surface area (Å²) in [4.78, 5) is 45.8. The van der Waals surface area contributed by atoms with Gasteiger partial charge in [0.25, 0.3) is 0 Å². The molecule has 0 aliphatic rings. The molecular weight excluding hydrogens is 1840 g/mol. The predicted molar refractivity (Wildman–Crippen MR) is 616 cm³/mol. The highest BCUT2D eigenvalue weighted by molar-refractivity contribution is 7.26. The van der Waals surface area contributed by atoms with Gasteiger partial charge in [-0.05, 0) is 203 Å². The predicted octanol–water partition coefficient (Wildman–Crippen LogP) is 36.7. The molecule has 0 bridgehead atoms. The fourth-order valence-electron chi connectivity index (χ4n) is 19.3. The van der Waals surface area contributed by atoms with Crippen LogP contribution >= 0.6 is 34.0 Å². The van der Waals surface area contributed by atoms with E-state index in [0.717, 1.165) is 106 Å². The zero-order valence-corrected chi connectivity index (χ0v) is 81.9. The van der Waals surface area contributed by atoms with Gasteiger partial charge in [0.1, 0.15) is 0 Å². The lowest BCUT2D eigenvalue weighted by Crippen LogP contribution is -2.00. The number of hydrogen-bond acceptors (Lipinski definition) is 12. The number of benzene rings is 21. The minimum Gasteiger partial charge on any atom is -0.208 e. The number of fused-ring (bicyclic) bond motifs is 9. The number of nitrogens with zero attached hydrogens (tertiary/aromatic N) is 9. The lowest BCUT2D eigenvalue weighted by Gasteiger charge is -2.13. The van der Waals surface area contributed by atoms with Gasteiger partial charge in [-0.25, -0.2) is 44.9 Å². The van der Waals surface area contributed by atoms with E-state index in [1.807, 2.05) is 66.7 Å². The Kier molecular flexibility index (Phi) is 24.6. The van der Waals surface area contributed by atoms with Gasteiger partial charge in [-0.3, -0.25) is 0 Å². The fourth-order valence-corrected chi connectivity index (χ4v) is 22.7. The van der Waals surface area contributed by atoms with E-state index < -0.39 is 0 Å². The highest BCUT2D eigenvalue weighted by Crippen LogP contribution is 2.45. The molecule has 147 heavy (non-hydrogen) atoms. The first-order valence-corrected chi connectivity index (χ1v) is 51.5. The van der Waals surface area contributed by atoms with E-state index in [1.165, 1.54) is 105 Å². The van der Waals surface area contributed by atoms with Crippen molar-refractivity contribution in [1.29, 1.82) is 0 Å². The van der Waals surface area contributed by atoms with Crippen LogP contribution < -0.4 is 0 Å². The average Bonchev–Trinajstić information content (AvgIpc) is 1.58. The lowest BCUT2D eigenvalue weighted by molar-refractivity contribution is 1.07. The molecule has 0 saturated heterocycles. The normalized spacial score (nSPS) is 11.3. The first-order chi connectivity index (χ1) is 72.7. The van der Waals surface area contributed by atoms with E-state index in [4.69, 9.17) is 44.9 Å². The molecule has 21 aromatic carbocycles. The number of thiophene rings is 3. The van der Waals surface area contributed by atoms with Crippen LogP contribution in [-0.2, 0) is 0 Å². The van der Waals surface area contributed by atoms with Crippen molar-refractivity contribution in [1.82, 2.24) is 44.9 Å². The van der Waals surface area contributed by atoms with Gasteiger partial charge in [0.15, 0.2) is 52.4 Å². The van der Waals surface area contributed by atoms with Crippen LogP contribution in [0.3, 0.4) is 0 Å². The molecule has 6 heterocycles. The summed E-state index contributed by atoms with van der Waals surface area (Å²) >= 11 is 5.40. The van der Waals surface area contributed by atoms with Crippen molar-refractivity contribution in [3.63, 3.8) is 0 Å². The van der Waals surface area contributed by atoms with Crippen LogP contribution in [-0.4, -0.2) is 44.9 Å². The number of aromatic nitrogens is 9. The quantitative estimate of drug-likeness (QED) is 0.0828. The number of hydrogen-bond donors (Lipinski definition) is 0. The first-order valence-electron chi connectivity index (χ1n) is 49.1. The second kappa shape index (κ2) is 40.4. The Morgan fingerprint density at radius 1 is 0.0884 bits per heavy atom. The molecule has 6 aromatic heterocycles. The Balaban J connectivity index is 0.000000115. The van der Waals surface area contributed by atoms with Crippen molar-refractivity contribution in [2.24, 2.45) is 0 Å². The highest BCUT2D eigenvalue weighted by Gasteiger charge is 2.23. The summed E-state index contributed by atoms with van der Waals surface area (Å²) in [5.74, 6) is 5.84. The second-order valence-corrected chi connectivity index (χ2v) is 39.5. The summed E-state index contributed by atoms with van der Waals surface area (Å²) in [5, 5.41) is 7.58. The summed E-state index contributed by atoms with van der Waals surface area (Å²) < 4.78 is 7.48. The van der Waals surface area contributed by atoms with Crippen LogP contribution in [0.25, 0.3) is 263 Å². The molecule has 0 radical (unpaired) electrons. The van der Waals surface area contributed by atoms with Crippen LogP contribution in [0.1, 0.15) is 0 Å². The minimum absolute atomic E-state index is 0.638. The van der Waals surface area contributed by atoms with Crippen LogP contribution in [0.2, 0.25) is 0 Å². The van der Waals surface area contributed by atoms with Crippen LogP contribution in [0.4, 0.5) is 0 Å². The van der Waals surface area contributed by atoms with E-state index in [-0.39, 0.29) is 0 Å². The van der Waals surface area contributed by atoms with Crippen molar-refractivity contribution < 1.29 is 0 Å². The van der Waals surface area contributed by atoms with E-state index in [1.54, 1.807) is 34.0 Å². The molecule has 0 spiro atoms. The largest absolute Gasteiger partial charge is 0.208 e.